The maximum Gasteiger partial charge on any atom is 0.123 e. The van der Waals surface area contributed by atoms with Gasteiger partial charge in [-0.15, -0.1) is 0 Å². The van der Waals surface area contributed by atoms with Gasteiger partial charge in [-0.3, -0.25) is 4.90 Å². The molecule has 0 saturated carbocycles. The summed E-state index contributed by atoms with van der Waals surface area (Å²) >= 11 is 6.10. The lowest BCUT2D eigenvalue weighted by Crippen LogP contribution is -2.39. The second kappa shape index (κ2) is 7.87. The third-order valence-corrected chi connectivity index (χ3v) is 4.16. The van der Waals surface area contributed by atoms with E-state index < -0.39 is 0 Å². The van der Waals surface area contributed by atoms with E-state index in [0.717, 1.165) is 49.4 Å². The minimum absolute atomic E-state index is 0.758. The van der Waals surface area contributed by atoms with Gasteiger partial charge in [-0.1, -0.05) is 18.5 Å². The predicted octanol–water partition coefficient (Wildman–Crippen LogP) is 3.17. The molecule has 0 aliphatic carbocycles. The summed E-state index contributed by atoms with van der Waals surface area (Å²) in [4.78, 5) is 2.51. The molecule has 1 aliphatic rings. The number of piperidine rings is 1. The number of ether oxygens (including phenoxy) is 1. The predicted molar refractivity (Wildman–Crippen MR) is 84.5 cm³/mol. The van der Waals surface area contributed by atoms with E-state index in [9.17, 15) is 0 Å². The maximum absolute atomic E-state index is 6.10. The fraction of sp³-hybridized carbons (Fsp3) is 0.625. The zero-order valence-electron chi connectivity index (χ0n) is 12.5. The first-order chi connectivity index (χ1) is 9.72. The first kappa shape index (κ1) is 15.6. The van der Waals surface area contributed by atoms with Crippen molar-refractivity contribution in [3.63, 3.8) is 0 Å². The van der Waals surface area contributed by atoms with Gasteiger partial charge in [0.05, 0.1) is 7.11 Å². The summed E-state index contributed by atoms with van der Waals surface area (Å²) in [6.45, 7) is 7.59. The van der Waals surface area contributed by atoms with Crippen molar-refractivity contribution in [1.82, 2.24) is 10.2 Å². The van der Waals surface area contributed by atoms with Gasteiger partial charge in [0, 0.05) is 23.7 Å². The Morgan fingerprint density at radius 3 is 3.05 bits per heavy atom. The molecule has 1 aromatic rings. The SMILES string of the molecule is CCNCC1CCCN(Cc2cc(Cl)ccc2OC)C1. The minimum Gasteiger partial charge on any atom is -0.496 e. The summed E-state index contributed by atoms with van der Waals surface area (Å²) in [5.41, 5.74) is 1.18. The molecule has 1 fully saturated rings. The average molecular weight is 297 g/mol. The van der Waals surface area contributed by atoms with Crippen LogP contribution in [0.4, 0.5) is 0 Å². The molecule has 0 spiro atoms. The topological polar surface area (TPSA) is 24.5 Å². The normalized spacial score (nSPS) is 20.1. The van der Waals surface area contributed by atoms with Gasteiger partial charge in [0.15, 0.2) is 0 Å². The van der Waals surface area contributed by atoms with Crippen LogP contribution in [0.5, 0.6) is 5.75 Å². The van der Waals surface area contributed by atoms with Crippen LogP contribution >= 0.6 is 11.6 Å². The van der Waals surface area contributed by atoms with Gasteiger partial charge in [0.2, 0.25) is 0 Å². The molecule has 2 rings (SSSR count). The summed E-state index contributed by atoms with van der Waals surface area (Å²) in [7, 11) is 1.72. The molecule has 112 valence electrons. The van der Waals surface area contributed by atoms with Crippen LogP contribution in [-0.2, 0) is 6.54 Å². The fourth-order valence-corrected chi connectivity index (χ4v) is 3.12. The lowest BCUT2D eigenvalue weighted by Gasteiger charge is -2.33. The number of halogens is 1. The average Bonchev–Trinajstić information content (AvgIpc) is 2.46. The van der Waals surface area contributed by atoms with Gasteiger partial charge in [0.25, 0.3) is 0 Å². The summed E-state index contributed by atoms with van der Waals surface area (Å²) in [5.74, 6) is 1.69. The molecule has 1 atom stereocenters. The lowest BCUT2D eigenvalue weighted by atomic mass is 9.97. The lowest BCUT2D eigenvalue weighted by molar-refractivity contribution is 0.164. The van der Waals surface area contributed by atoms with Crippen LogP contribution in [0.2, 0.25) is 5.02 Å². The molecule has 1 saturated heterocycles. The molecule has 0 bridgehead atoms. The number of nitrogens with one attached hydrogen (secondary N) is 1. The number of methoxy groups -OCH3 is 1. The Bertz CT molecular complexity index is 425. The molecule has 3 nitrogen and oxygen atoms in total. The van der Waals surface area contributed by atoms with Crippen molar-refractivity contribution in [2.24, 2.45) is 5.92 Å². The maximum atomic E-state index is 6.10. The van der Waals surface area contributed by atoms with Crippen molar-refractivity contribution in [2.75, 3.05) is 33.3 Å². The molecule has 0 amide bonds. The van der Waals surface area contributed by atoms with E-state index in [4.69, 9.17) is 16.3 Å². The molecule has 20 heavy (non-hydrogen) atoms. The number of hydrogen-bond donors (Lipinski definition) is 1. The van der Waals surface area contributed by atoms with E-state index in [-0.39, 0.29) is 0 Å². The fourth-order valence-electron chi connectivity index (χ4n) is 2.92. The third-order valence-electron chi connectivity index (χ3n) is 3.92. The number of hydrogen-bond acceptors (Lipinski definition) is 3. The van der Waals surface area contributed by atoms with E-state index >= 15 is 0 Å². The van der Waals surface area contributed by atoms with E-state index in [1.807, 2.05) is 18.2 Å². The smallest absolute Gasteiger partial charge is 0.123 e. The summed E-state index contributed by atoms with van der Waals surface area (Å²) in [6.07, 6.45) is 2.61. The Morgan fingerprint density at radius 1 is 1.45 bits per heavy atom. The van der Waals surface area contributed by atoms with E-state index in [0.29, 0.717) is 0 Å². The zero-order chi connectivity index (χ0) is 14.4. The third kappa shape index (κ3) is 4.37. The second-order valence-electron chi connectivity index (χ2n) is 5.51. The van der Waals surface area contributed by atoms with Crippen LogP contribution in [0, 0.1) is 5.92 Å². The summed E-state index contributed by atoms with van der Waals surface area (Å²) < 4.78 is 5.44. The van der Waals surface area contributed by atoms with Gasteiger partial charge < -0.3 is 10.1 Å². The Morgan fingerprint density at radius 2 is 2.30 bits per heavy atom. The highest BCUT2D eigenvalue weighted by Crippen LogP contribution is 2.26. The van der Waals surface area contributed by atoms with Gasteiger partial charge in [0.1, 0.15) is 5.75 Å². The standard InChI is InChI=1S/C16H25ClN2O/c1-3-18-10-13-5-4-8-19(11-13)12-14-9-15(17)6-7-16(14)20-2/h6-7,9,13,18H,3-5,8,10-12H2,1-2H3. The van der Waals surface area contributed by atoms with Crippen molar-refractivity contribution in [3.05, 3.63) is 28.8 Å². The van der Waals surface area contributed by atoms with Gasteiger partial charge in [-0.25, -0.2) is 0 Å². The highest BCUT2D eigenvalue weighted by atomic mass is 35.5. The van der Waals surface area contributed by atoms with Gasteiger partial charge in [-0.2, -0.15) is 0 Å². The van der Waals surface area contributed by atoms with Crippen molar-refractivity contribution < 1.29 is 4.74 Å². The first-order valence-electron chi connectivity index (χ1n) is 7.48. The number of likely N-dealkylation sites (tertiary alicyclic amines) is 1. The molecule has 0 aromatic heterocycles. The molecule has 1 N–H and O–H groups in total. The van der Waals surface area contributed by atoms with E-state index in [2.05, 4.69) is 17.1 Å². The Kier molecular flexibility index (Phi) is 6.14. The Hall–Kier alpha value is -0.770. The molecule has 1 aromatic carbocycles. The highest BCUT2D eigenvalue weighted by molar-refractivity contribution is 6.30. The summed E-state index contributed by atoms with van der Waals surface area (Å²) in [5, 5.41) is 4.24. The largest absolute Gasteiger partial charge is 0.496 e. The van der Waals surface area contributed by atoms with Crippen molar-refractivity contribution in [3.8, 4) is 5.75 Å². The van der Waals surface area contributed by atoms with Gasteiger partial charge in [-0.05, 0) is 56.6 Å². The first-order valence-corrected chi connectivity index (χ1v) is 7.86. The highest BCUT2D eigenvalue weighted by Gasteiger charge is 2.20. The van der Waals surface area contributed by atoms with Crippen molar-refractivity contribution >= 4 is 11.6 Å². The molecule has 1 aliphatic heterocycles. The van der Waals surface area contributed by atoms with Crippen LogP contribution in [0.3, 0.4) is 0 Å². The molecule has 1 heterocycles. The van der Waals surface area contributed by atoms with Crippen molar-refractivity contribution in [2.45, 2.75) is 26.3 Å². The van der Waals surface area contributed by atoms with Crippen LogP contribution in [-0.4, -0.2) is 38.2 Å². The van der Waals surface area contributed by atoms with E-state index in [1.54, 1.807) is 7.11 Å². The van der Waals surface area contributed by atoms with Gasteiger partial charge >= 0.3 is 0 Å². The van der Waals surface area contributed by atoms with Crippen LogP contribution in [0.1, 0.15) is 25.3 Å². The molecular formula is C16H25ClN2O. The monoisotopic (exact) mass is 296 g/mol. The number of nitrogens with zero attached hydrogens (tertiary/aromatic N) is 1. The van der Waals surface area contributed by atoms with Crippen LogP contribution in [0.25, 0.3) is 0 Å². The van der Waals surface area contributed by atoms with E-state index in [1.165, 1.54) is 18.4 Å². The number of benzene rings is 1. The molecule has 4 heteroatoms. The second-order valence-corrected chi connectivity index (χ2v) is 5.94. The minimum atomic E-state index is 0.758. The Labute approximate surface area is 127 Å². The van der Waals surface area contributed by atoms with Crippen LogP contribution in [0.15, 0.2) is 18.2 Å². The van der Waals surface area contributed by atoms with Crippen LogP contribution < -0.4 is 10.1 Å². The number of rotatable bonds is 6. The molecule has 0 radical (unpaired) electrons. The summed E-state index contributed by atoms with van der Waals surface area (Å²) in [6, 6.07) is 5.86. The zero-order valence-corrected chi connectivity index (χ0v) is 13.2. The molecule has 1 unspecified atom stereocenters. The quantitative estimate of drug-likeness (QED) is 0.873. The van der Waals surface area contributed by atoms with Crippen molar-refractivity contribution in [1.29, 1.82) is 0 Å². The Balaban J connectivity index is 1.97. The molecular weight excluding hydrogens is 272 g/mol.